The minimum atomic E-state index is -0.308. The Morgan fingerprint density at radius 3 is 2.62 bits per heavy atom. The highest BCUT2D eigenvalue weighted by atomic mass is 32.1. The predicted molar refractivity (Wildman–Crippen MR) is 97.6 cm³/mol. The maximum atomic E-state index is 6.14. The number of rotatable bonds is 3. The fourth-order valence-electron chi connectivity index (χ4n) is 3.14. The molecule has 1 unspecified atom stereocenters. The zero-order chi connectivity index (χ0) is 16.9. The molecule has 2 fully saturated rings. The van der Waals surface area contributed by atoms with Gasteiger partial charge in [0.05, 0.1) is 34.0 Å². The lowest BCUT2D eigenvalue weighted by Gasteiger charge is -2.32. The number of aromatic nitrogens is 2. The van der Waals surface area contributed by atoms with Gasteiger partial charge in [-0.3, -0.25) is 0 Å². The van der Waals surface area contributed by atoms with Crippen LogP contribution in [0.2, 0.25) is 0 Å². The van der Waals surface area contributed by atoms with E-state index in [9.17, 15) is 0 Å². The number of hydrogen-bond acceptors (Lipinski definition) is 5. The summed E-state index contributed by atoms with van der Waals surface area (Å²) in [5, 5.41) is 3.48. The van der Waals surface area contributed by atoms with Gasteiger partial charge in [-0.2, -0.15) is 0 Å². The third-order valence-electron chi connectivity index (χ3n) is 5.36. The van der Waals surface area contributed by atoms with E-state index in [0.717, 1.165) is 34.1 Å². The van der Waals surface area contributed by atoms with Crippen LogP contribution in [-0.2, 0) is 9.31 Å². The normalized spacial score (nSPS) is 25.5. The van der Waals surface area contributed by atoms with Gasteiger partial charge in [0.25, 0.3) is 0 Å². The molecule has 0 aliphatic carbocycles. The first-order valence-electron chi connectivity index (χ1n) is 8.60. The molecule has 0 amide bonds. The van der Waals surface area contributed by atoms with Gasteiger partial charge in [-0.15, -0.1) is 11.3 Å². The molecule has 2 aliphatic heterocycles. The first-order chi connectivity index (χ1) is 11.4. The summed E-state index contributed by atoms with van der Waals surface area (Å²) in [5.74, 6) is 1.04. The average molecular weight is 345 g/mol. The standard InChI is InChI=1S/C17H24BN3O2S/c1-16(2)17(3,4)23-18(22-16)14-8-7-13(24-14)12-10-20-15(21-12)11-6-5-9-19-11/h7-8,10-11,19H,5-6,9H2,1-4H3,(H,20,21). The van der Waals surface area contributed by atoms with Crippen LogP contribution in [0.25, 0.3) is 10.6 Å². The van der Waals surface area contributed by atoms with E-state index in [4.69, 9.17) is 9.31 Å². The van der Waals surface area contributed by atoms with Crippen LogP contribution in [0.1, 0.15) is 52.4 Å². The Kier molecular flexibility index (Phi) is 3.87. The summed E-state index contributed by atoms with van der Waals surface area (Å²) in [7, 11) is -0.298. The van der Waals surface area contributed by atoms with E-state index in [1.807, 2.05) is 6.20 Å². The van der Waals surface area contributed by atoms with E-state index < -0.39 is 0 Å². The largest absolute Gasteiger partial charge is 0.505 e. The van der Waals surface area contributed by atoms with E-state index in [1.165, 1.54) is 6.42 Å². The van der Waals surface area contributed by atoms with E-state index >= 15 is 0 Å². The fourth-order valence-corrected chi connectivity index (χ4v) is 4.07. The predicted octanol–water partition coefficient (Wildman–Crippen LogP) is 2.86. The lowest BCUT2D eigenvalue weighted by molar-refractivity contribution is 0.00578. The zero-order valence-electron chi connectivity index (χ0n) is 14.7. The molecule has 128 valence electrons. The zero-order valence-corrected chi connectivity index (χ0v) is 15.5. The van der Waals surface area contributed by atoms with Crippen LogP contribution in [0.3, 0.4) is 0 Å². The van der Waals surface area contributed by atoms with E-state index in [0.29, 0.717) is 6.04 Å². The molecule has 0 aromatic carbocycles. The van der Waals surface area contributed by atoms with Crippen LogP contribution in [-0.4, -0.2) is 34.8 Å². The number of nitrogens with one attached hydrogen (secondary N) is 2. The fraction of sp³-hybridized carbons (Fsp3) is 0.588. The topological polar surface area (TPSA) is 59.2 Å². The first kappa shape index (κ1) is 16.3. The van der Waals surface area contributed by atoms with Gasteiger partial charge in [0, 0.05) is 4.78 Å². The highest BCUT2D eigenvalue weighted by Gasteiger charge is 2.52. The Morgan fingerprint density at radius 1 is 1.21 bits per heavy atom. The Balaban J connectivity index is 1.53. The van der Waals surface area contributed by atoms with Gasteiger partial charge in [0.2, 0.25) is 0 Å². The summed E-state index contributed by atoms with van der Waals surface area (Å²) in [5.41, 5.74) is 0.445. The average Bonchev–Trinajstić information content (AvgIpc) is 3.26. The Bertz CT molecular complexity index is 718. The van der Waals surface area contributed by atoms with Gasteiger partial charge in [-0.1, -0.05) is 6.07 Å². The van der Waals surface area contributed by atoms with E-state index in [-0.39, 0.29) is 18.3 Å². The minimum Gasteiger partial charge on any atom is -0.399 e. The lowest BCUT2D eigenvalue weighted by Crippen LogP contribution is -2.41. The van der Waals surface area contributed by atoms with Gasteiger partial charge in [0.1, 0.15) is 5.82 Å². The van der Waals surface area contributed by atoms with Crippen LogP contribution in [0, 0.1) is 0 Å². The molecule has 4 rings (SSSR count). The van der Waals surface area contributed by atoms with Crippen LogP contribution < -0.4 is 10.1 Å². The van der Waals surface area contributed by atoms with Gasteiger partial charge >= 0.3 is 7.12 Å². The molecule has 0 bridgehead atoms. The second kappa shape index (κ2) is 5.69. The second-order valence-corrected chi connectivity index (χ2v) is 8.74. The first-order valence-corrected chi connectivity index (χ1v) is 9.41. The Hall–Kier alpha value is -1.15. The molecule has 1 atom stereocenters. The molecule has 0 radical (unpaired) electrons. The number of hydrogen-bond donors (Lipinski definition) is 2. The summed E-state index contributed by atoms with van der Waals surface area (Å²) < 4.78 is 13.4. The van der Waals surface area contributed by atoms with Crippen molar-refractivity contribution in [3.8, 4) is 10.6 Å². The number of thiophene rings is 1. The molecule has 2 saturated heterocycles. The molecular formula is C17H24BN3O2S. The van der Waals surface area contributed by atoms with Crippen LogP contribution in [0.4, 0.5) is 0 Å². The minimum absolute atomic E-state index is 0.298. The quantitative estimate of drug-likeness (QED) is 0.840. The molecule has 4 heterocycles. The van der Waals surface area contributed by atoms with Gasteiger partial charge < -0.3 is 19.6 Å². The van der Waals surface area contributed by atoms with Crippen LogP contribution >= 0.6 is 11.3 Å². The summed E-state index contributed by atoms with van der Waals surface area (Å²) >= 11 is 1.70. The molecule has 24 heavy (non-hydrogen) atoms. The lowest BCUT2D eigenvalue weighted by atomic mass is 9.88. The van der Waals surface area contributed by atoms with Gasteiger partial charge in [0.15, 0.2) is 0 Å². The van der Waals surface area contributed by atoms with Crippen molar-refractivity contribution in [2.45, 2.75) is 57.8 Å². The third-order valence-corrected chi connectivity index (χ3v) is 6.50. The second-order valence-electron chi connectivity index (χ2n) is 7.62. The molecule has 0 saturated carbocycles. The van der Waals surface area contributed by atoms with Crippen molar-refractivity contribution in [1.29, 1.82) is 0 Å². The number of nitrogens with zero attached hydrogens (tertiary/aromatic N) is 1. The number of H-pyrrole nitrogens is 1. The third kappa shape index (κ3) is 2.73. The molecule has 2 N–H and O–H groups in total. The maximum absolute atomic E-state index is 6.14. The van der Waals surface area contributed by atoms with Crippen LogP contribution in [0.15, 0.2) is 18.3 Å². The molecule has 0 spiro atoms. The summed E-state index contributed by atoms with van der Waals surface area (Å²) in [6, 6.07) is 4.57. The van der Waals surface area contributed by atoms with Crippen molar-refractivity contribution in [2.75, 3.05) is 6.54 Å². The molecule has 5 nitrogen and oxygen atoms in total. The number of aromatic amines is 1. The Morgan fingerprint density at radius 2 is 1.96 bits per heavy atom. The molecule has 7 heteroatoms. The van der Waals surface area contributed by atoms with E-state index in [2.05, 4.69) is 55.1 Å². The van der Waals surface area contributed by atoms with Gasteiger partial charge in [-0.25, -0.2) is 4.98 Å². The Labute approximate surface area is 147 Å². The highest BCUT2D eigenvalue weighted by Crippen LogP contribution is 2.37. The monoisotopic (exact) mass is 345 g/mol. The molecule has 2 aromatic heterocycles. The molecular weight excluding hydrogens is 321 g/mol. The summed E-state index contributed by atoms with van der Waals surface area (Å²) in [6.07, 6.45) is 4.29. The summed E-state index contributed by atoms with van der Waals surface area (Å²) in [6.45, 7) is 9.40. The van der Waals surface area contributed by atoms with Gasteiger partial charge in [-0.05, 0) is 53.1 Å². The van der Waals surface area contributed by atoms with Crippen molar-refractivity contribution in [1.82, 2.24) is 15.3 Å². The smallest absolute Gasteiger partial charge is 0.399 e. The SMILES string of the molecule is CC1(C)OB(c2ccc(-c3cnc(C4CCCN4)[nH]3)s2)OC1(C)C. The van der Waals surface area contributed by atoms with Crippen molar-refractivity contribution in [3.05, 3.63) is 24.2 Å². The van der Waals surface area contributed by atoms with Crippen molar-refractivity contribution in [3.63, 3.8) is 0 Å². The maximum Gasteiger partial charge on any atom is 0.505 e. The molecule has 2 aromatic rings. The number of imidazole rings is 1. The van der Waals surface area contributed by atoms with Crippen molar-refractivity contribution in [2.24, 2.45) is 0 Å². The van der Waals surface area contributed by atoms with Crippen LogP contribution in [0.5, 0.6) is 0 Å². The van der Waals surface area contributed by atoms with Crippen molar-refractivity contribution < 1.29 is 9.31 Å². The summed E-state index contributed by atoms with van der Waals surface area (Å²) in [4.78, 5) is 9.18. The van der Waals surface area contributed by atoms with Crippen molar-refractivity contribution >= 4 is 23.2 Å². The highest BCUT2D eigenvalue weighted by molar-refractivity contribution is 7.25. The molecule has 2 aliphatic rings. The van der Waals surface area contributed by atoms with E-state index in [1.54, 1.807) is 11.3 Å².